The molecule has 0 bridgehead atoms. The summed E-state index contributed by atoms with van der Waals surface area (Å²) in [6.07, 6.45) is 0.421. The van der Waals surface area contributed by atoms with E-state index in [9.17, 15) is 4.79 Å². The Kier molecular flexibility index (Phi) is 5.52. The van der Waals surface area contributed by atoms with Crippen LogP contribution in [0.2, 0.25) is 0 Å². The second-order valence-electron chi connectivity index (χ2n) is 5.13. The molecule has 0 radical (unpaired) electrons. The van der Waals surface area contributed by atoms with Crippen molar-refractivity contribution < 1.29 is 9.53 Å². The van der Waals surface area contributed by atoms with Crippen molar-refractivity contribution in [2.45, 2.75) is 26.5 Å². The molecule has 0 saturated carbocycles. The lowest BCUT2D eigenvalue weighted by Gasteiger charge is -2.08. The third-order valence-corrected chi connectivity index (χ3v) is 3.40. The molecule has 0 heterocycles. The van der Waals surface area contributed by atoms with Gasteiger partial charge in [-0.25, -0.2) is 0 Å². The van der Waals surface area contributed by atoms with E-state index in [4.69, 9.17) is 4.74 Å². The number of ether oxygens (including phenoxy) is 1. The fraction of sp³-hybridized carbons (Fsp3) is 0.278. The molecule has 3 heteroatoms. The van der Waals surface area contributed by atoms with Gasteiger partial charge in [-0.3, -0.25) is 4.79 Å². The second kappa shape index (κ2) is 7.60. The number of hydrogen-bond acceptors (Lipinski definition) is 2. The van der Waals surface area contributed by atoms with Crippen LogP contribution in [0.25, 0.3) is 0 Å². The molecule has 0 unspecified atom stereocenters. The number of nitrogens with one attached hydrogen (secondary N) is 1. The molecule has 0 saturated heterocycles. The SMILES string of the molecule is COCc1cccc(CNC(=O)Cc2ccccc2C)c1. The fourth-order valence-electron chi connectivity index (χ4n) is 2.24. The topological polar surface area (TPSA) is 38.3 Å². The van der Waals surface area contributed by atoms with Crippen molar-refractivity contribution in [3.63, 3.8) is 0 Å². The van der Waals surface area contributed by atoms with E-state index in [2.05, 4.69) is 11.4 Å². The Morgan fingerprint density at radius 2 is 1.86 bits per heavy atom. The van der Waals surface area contributed by atoms with Gasteiger partial charge in [-0.05, 0) is 29.2 Å². The number of amides is 1. The molecule has 21 heavy (non-hydrogen) atoms. The van der Waals surface area contributed by atoms with Crippen LogP contribution in [-0.2, 0) is 29.1 Å². The molecular formula is C18H21NO2. The summed E-state index contributed by atoms with van der Waals surface area (Å²) in [7, 11) is 1.68. The van der Waals surface area contributed by atoms with Gasteiger partial charge in [0.15, 0.2) is 0 Å². The molecule has 0 atom stereocenters. The van der Waals surface area contributed by atoms with Crippen LogP contribution in [-0.4, -0.2) is 13.0 Å². The first-order chi connectivity index (χ1) is 10.2. The van der Waals surface area contributed by atoms with Crippen LogP contribution in [0.4, 0.5) is 0 Å². The van der Waals surface area contributed by atoms with Gasteiger partial charge in [0.05, 0.1) is 13.0 Å². The first kappa shape index (κ1) is 15.3. The van der Waals surface area contributed by atoms with Gasteiger partial charge in [-0.2, -0.15) is 0 Å². The monoisotopic (exact) mass is 283 g/mol. The Morgan fingerprint density at radius 1 is 1.10 bits per heavy atom. The molecule has 2 aromatic rings. The van der Waals surface area contributed by atoms with Crippen LogP contribution in [0.15, 0.2) is 48.5 Å². The largest absolute Gasteiger partial charge is 0.380 e. The Morgan fingerprint density at radius 3 is 2.62 bits per heavy atom. The highest BCUT2D eigenvalue weighted by Gasteiger charge is 2.05. The van der Waals surface area contributed by atoms with Crippen molar-refractivity contribution in [2.24, 2.45) is 0 Å². The molecule has 2 rings (SSSR count). The molecule has 0 aromatic heterocycles. The smallest absolute Gasteiger partial charge is 0.224 e. The third kappa shape index (κ3) is 4.72. The van der Waals surface area contributed by atoms with E-state index >= 15 is 0 Å². The molecule has 1 N–H and O–H groups in total. The first-order valence-electron chi connectivity index (χ1n) is 7.07. The average Bonchev–Trinajstić information content (AvgIpc) is 2.48. The lowest BCUT2D eigenvalue weighted by atomic mass is 10.1. The molecule has 110 valence electrons. The zero-order valence-electron chi connectivity index (χ0n) is 12.6. The van der Waals surface area contributed by atoms with Crippen molar-refractivity contribution in [3.8, 4) is 0 Å². The maximum Gasteiger partial charge on any atom is 0.224 e. The lowest BCUT2D eigenvalue weighted by Crippen LogP contribution is -2.24. The van der Waals surface area contributed by atoms with E-state index in [1.165, 1.54) is 0 Å². The third-order valence-electron chi connectivity index (χ3n) is 3.40. The van der Waals surface area contributed by atoms with Crippen LogP contribution in [0.1, 0.15) is 22.3 Å². The highest BCUT2D eigenvalue weighted by Crippen LogP contribution is 2.09. The summed E-state index contributed by atoms with van der Waals surface area (Å²) in [4.78, 5) is 12.0. The van der Waals surface area contributed by atoms with Crippen molar-refractivity contribution in [1.29, 1.82) is 0 Å². The summed E-state index contributed by atoms with van der Waals surface area (Å²) in [6, 6.07) is 16.0. The van der Waals surface area contributed by atoms with E-state index in [0.29, 0.717) is 19.6 Å². The van der Waals surface area contributed by atoms with Crippen LogP contribution in [0.3, 0.4) is 0 Å². The highest BCUT2D eigenvalue weighted by atomic mass is 16.5. The lowest BCUT2D eigenvalue weighted by molar-refractivity contribution is -0.120. The first-order valence-corrected chi connectivity index (χ1v) is 7.07. The second-order valence-corrected chi connectivity index (χ2v) is 5.13. The summed E-state index contributed by atoms with van der Waals surface area (Å²) in [6.45, 7) is 3.16. The quantitative estimate of drug-likeness (QED) is 0.885. The Labute approximate surface area is 126 Å². The summed E-state index contributed by atoms with van der Waals surface area (Å²) < 4.78 is 5.11. The minimum atomic E-state index is 0.0430. The fourth-order valence-corrected chi connectivity index (χ4v) is 2.24. The van der Waals surface area contributed by atoms with Crippen LogP contribution in [0, 0.1) is 6.92 Å². The van der Waals surface area contributed by atoms with Crippen molar-refractivity contribution in [1.82, 2.24) is 5.32 Å². The number of rotatable bonds is 6. The van der Waals surface area contributed by atoms with Gasteiger partial charge in [-0.15, -0.1) is 0 Å². The van der Waals surface area contributed by atoms with E-state index < -0.39 is 0 Å². The average molecular weight is 283 g/mol. The maximum absolute atomic E-state index is 12.0. The van der Waals surface area contributed by atoms with Gasteiger partial charge in [0.25, 0.3) is 0 Å². The minimum absolute atomic E-state index is 0.0430. The highest BCUT2D eigenvalue weighted by molar-refractivity contribution is 5.78. The van der Waals surface area contributed by atoms with Gasteiger partial charge in [0.1, 0.15) is 0 Å². The molecule has 0 spiro atoms. The van der Waals surface area contributed by atoms with Gasteiger partial charge < -0.3 is 10.1 Å². The number of carbonyl (C=O) groups is 1. The van der Waals surface area contributed by atoms with E-state index in [1.807, 2.05) is 49.4 Å². The molecule has 0 aliphatic heterocycles. The number of aryl methyl sites for hydroxylation is 1. The summed E-state index contributed by atoms with van der Waals surface area (Å²) in [5.74, 6) is 0.0430. The number of methoxy groups -OCH3 is 1. The van der Waals surface area contributed by atoms with Gasteiger partial charge in [0, 0.05) is 13.7 Å². The maximum atomic E-state index is 12.0. The molecular weight excluding hydrogens is 262 g/mol. The van der Waals surface area contributed by atoms with Crippen molar-refractivity contribution in [3.05, 3.63) is 70.8 Å². The molecule has 0 aliphatic rings. The predicted octanol–water partition coefficient (Wildman–Crippen LogP) is 3.00. The van der Waals surface area contributed by atoms with Crippen LogP contribution < -0.4 is 5.32 Å². The zero-order chi connectivity index (χ0) is 15.1. The minimum Gasteiger partial charge on any atom is -0.380 e. The van der Waals surface area contributed by atoms with E-state index in [0.717, 1.165) is 22.3 Å². The number of benzene rings is 2. The van der Waals surface area contributed by atoms with Crippen LogP contribution in [0.5, 0.6) is 0 Å². The zero-order valence-corrected chi connectivity index (χ0v) is 12.6. The molecule has 0 fully saturated rings. The van der Waals surface area contributed by atoms with E-state index in [1.54, 1.807) is 7.11 Å². The van der Waals surface area contributed by atoms with Crippen LogP contribution >= 0.6 is 0 Å². The van der Waals surface area contributed by atoms with Crippen molar-refractivity contribution >= 4 is 5.91 Å². The standard InChI is InChI=1S/C18H21NO2/c1-14-6-3-4-9-17(14)11-18(20)19-12-15-7-5-8-16(10-15)13-21-2/h3-10H,11-13H2,1-2H3,(H,19,20). The van der Waals surface area contributed by atoms with Crippen molar-refractivity contribution in [2.75, 3.05) is 7.11 Å². The Bertz CT molecular complexity index is 608. The number of hydrogen-bond donors (Lipinski definition) is 1. The molecule has 0 aliphatic carbocycles. The van der Waals surface area contributed by atoms with Gasteiger partial charge in [-0.1, -0.05) is 48.5 Å². The van der Waals surface area contributed by atoms with Gasteiger partial charge >= 0.3 is 0 Å². The summed E-state index contributed by atoms with van der Waals surface area (Å²) >= 11 is 0. The predicted molar refractivity (Wildman–Crippen MR) is 83.9 cm³/mol. The molecule has 3 nitrogen and oxygen atoms in total. The summed E-state index contributed by atoms with van der Waals surface area (Å²) in [5.41, 5.74) is 4.42. The normalized spacial score (nSPS) is 10.4. The summed E-state index contributed by atoms with van der Waals surface area (Å²) in [5, 5.41) is 2.96. The molecule has 1 amide bonds. The van der Waals surface area contributed by atoms with Gasteiger partial charge in [0.2, 0.25) is 5.91 Å². The molecule has 2 aromatic carbocycles. The number of carbonyl (C=O) groups excluding carboxylic acids is 1. The Hall–Kier alpha value is -2.13. The van der Waals surface area contributed by atoms with E-state index in [-0.39, 0.29) is 5.91 Å². The Balaban J connectivity index is 1.89.